The summed E-state index contributed by atoms with van der Waals surface area (Å²) in [6.45, 7) is 13.3. The van der Waals surface area contributed by atoms with Gasteiger partial charge in [-0.05, 0) is 83.0 Å². The van der Waals surface area contributed by atoms with Crippen LogP contribution in [0.25, 0.3) is 0 Å². The number of nitrogens with one attached hydrogen (secondary N) is 4. The molecule has 0 aromatic heterocycles. The van der Waals surface area contributed by atoms with Crippen molar-refractivity contribution in [1.29, 1.82) is 0 Å². The summed E-state index contributed by atoms with van der Waals surface area (Å²) >= 11 is 0. The van der Waals surface area contributed by atoms with E-state index in [9.17, 15) is 69.9 Å². The number of ketones is 1. The van der Waals surface area contributed by atoms with E-state index in [-0.39, 0.29) is 87.2 Å². The Morgan fingerprint density at radius 3 is 1.07 bits per heavy atom. The lowest BCUT2D eigenvalue weighted by molar-refractivity contribution is -0.282. The zero-order valence-corrected chi connectivity index (χ0v) is 56.3. The highest BCUT2D eigenvalue weighted by Gasteiger charge is 2.45. The van der Waals surface area contributed by atoms with Crippen LogP contribution in [0.15, 0.2) is 0 Å². The number of aliphatic hydroxyl groups is 9. The third-order valence-electron chi connectivity index (χ3n) is 17.1. The smallest absolute Gasteiger partial charge is 0.220 e. The molecule has 0 spiro atoms. The molecular formula is C66H124N4O21. The molecule has 3 saturated heterocycles. The molecule has 0 bridgehead atoms. The van der Waals surface area contributed by atoms with Crippen molar-refractivity contribution in [2.75, 3.05) is 73.0 Å². The fourth-order valence-electron chi connectivity index (χ4n) is 11.2. The molecule has 0 aliphatic carbocycles. The Balaban J connectivity index is 0.00000683. The predicted octanol–water partition coefficient (Wildman–Crippen LogP) is 3.88. The molecule has 0 aromatic rings. The predicted molar refractivity (Wildman–Crippen MR) is 341 cm³/mol. The number of hydrogen-bond acceptors (Lipinski definition) is 21. The summed E-state index contributed by atoms with van der Waals surface area (Å²) in [5.74, 6) is -1.66. The first-order chi connectivity index (χ1) is 43.5. The summed E-state index contributed by atoms with van der Waals surface area (Å²) in [7, 11) is 1.67. The zero-order chi connectivity index (χ0) is 67.6. The molecule has 25 nitrogen and oxygen atoms in total. The van der Waals surface area contributed by atoms with Gasteiger partial charge in [0, 0.05) is 115 Å². The maximum absolute atomic E-state index is 13.9. The topological polar surface area (TPSA) is 380 Å². The number of rotatable bonds is 49. The molecule has 0 radical (unpaired) electrons. The largest absolute Gasteiger partial charge is 0.394 e. The number of aliphatic hydroxyl groups excluding tert-OH is 9. The first-order valence-electron chi connectivity index (χ1n) is 34.4. The van der Waals surface area contributed by atoms with Gasteiger partial charge in [0.1, 0.15) is 42.4 Å². The van der Waals surface area contributed by atoms with Crippen LogP contribution in [-0.4, -0.2) is 228 Å². The number of carbonyl (C=O) groups is 5. The third-order valence-corrected chi connectivity index (χ3v) is 17.1. The van der Waals surface area contributed by atoms with Crippen molar-refractivity contribution in [3.8, 4) is 0 Å². The van der Waals surface area contributed by atoms with Crippen LogP contribution in [0.2, 0.25) is 0 Å². The minimum atomic E-state index is -1.21. The van der Waals surface area contributed by atoms with E-state index < -0.39 is 117 Å². The Hall–Kier alpha value is -3.09. The van der Waals surface area contributed by atoms with Gasteiger partial charge in [-0.25, -0.2) is 0 Å². The van der Waals surface area contributed by atoms with E-state index in [1.165, 1.54) is 0 Å². The molecule has 3 aliphatic rings. The molecule has 13 N–H and O–H groups in total. The summed E-state index contributed by atoms with van der Waals surface area (Å²) in [5.41, 5.74) is -1.12. The monoisotopic (exact) mass is 1310 g/mol. The molecule has 3 fully saturated rings. The van der Waals surface area contributed by atoms with Crippen LogP contribution in [0.1, 0.15) is 215 Å². The van der Waals surface area contributed by atoms with Gasteiger partial charge in [0.2, 0.25) is 23.6 Å². The Kier molecular flexibility index (Phi) is 45.6. The van der Waals surface area contributed by atoms with E-state index in [0.29, 0.717) is 91.0 Å². The summed E-state index contributed by atoms with van der Waals surface area (Å²) in [4.78, 5) is 67.4. The summed E-state index contributed by atoms with van der Waals surface area (Å²) in [5, 5.41) is 102. The van der Waals surface area contributed by atoms with Crippen molar-refractivity contribution in [2.24, 2.45) is 23.7 Å². The van der Waals surface area contributed by atoms with E-state index in [1.807, 2.05) is 0 Å². The van der Waals surface area contributed by atoms with Gasteiger partial charge in [0.15, 0.2) is 18.9 Å². The highest BCUT2D eigenvalue weighted by atomic mass is 16.7. The van der Waals surface area contributed by atoms with Crippen LogP contribution in [-0.2, 0) is 57.1 Å². The van der Waals surface area contributed by atoms with Gasteiger partial charge >= 0.3 is 0 Å². The van der Waals surface area contributed by atoms with Gasteiger partial charge < -0.3 is 100 Å². The molecule has 3 aliphatic heterocycles. The maximum Gasteiger partial charge on any atom is 0.220 e. The molecular weight excluding hydrogens is 1180 g/mol. The van der Waals surface area contributed by atoms with Gasteiger partial charge in [0.25, 0.3) is 0 Å². The fourth-order valence-corrected chi connectivity index (χ4v) is 11.2. The second kappa shape index (κ2) is 49.4. The first-order valence-corrected chi connectivity index (χ1v) is 34.4. The van der Waals surface area contributed by atoms with Crippen molar-refractivity contribution < 1.29 is 103 Å². The molecule has 15 atom stereocenters. The van der Waals surface area contributed by atoms with Gasteiger partial charge in [0.05, 0.1) is 38.1 Å². The van der Waals surface area contributed by atoms with Crippen molar-refractivity contribution in [1.82, 2.24) is 21.3 Å². The molecule has 25 heteroatoms. The zero-order valence-electron chi connectivity index (χ0n) is 56.3. The summed E-state index contributed by atoms with van der Waals surface area (Å²) in [6, 6.07) is 0. The number of Topliss-reactive ketones (excluding diaryl/α,β-unsaturated/α-hetero) is 1. The lowest BCUT2D eigenvalue weighted by Gasteiger charge is -2.40. The van der Waals surface area contributed by atoms with Gasteiger partial charge in [-0.2, -0.15) is 0 Å². The molecule has 4 amide bonds. The minimum Gasteiger partial charge on any atom is -0.394 e. The first kappa shape index (κ1) is 84.0. The summed E-state index contributed by atoms with van der Waals surface area (Å²) < 4.78 is 39.6. The van der Waals surface area contributed by atoms with E-state index in [4.69, 9.17) is 33.2 Å². The molecule has 3 rings (SSSR count). The highest BCUT2D eigenvalue weighted by Crippen LogP contribution is 2.31. The number of carbonyl (C=O) groups excluding carboxylic acids is 5. The number of amides is 4. The van der Waals surface area contributed by atoms with E-state index >= 15 is 0 Å². The number of ether oxygens (including phenoxy) is 7. The van der Waals surface area contributed by atoms with Crippen molar-refractivity contribution in [2.45, 2.75) is 294 Å². The SMILES string of the molecule is CC(C)C.COCCCCCCNC(=O)CCCC(=O)NC(CCC(=O)CCCCCCCO[C@@H]1OC(CO)[C@H](O)C(O)[C@@H]1C)(CCC(=O)NCCCCCCO[C@@H]1OC(CO)[C@H](O)C(O)[C@@H]1C)CCC(=O)NCCCCCCO[C@@H]1OC(CO)[C@H](O)C(O)[C@@H]1C. The van der Waals surface area contributed by atoms with Gasteiger partial charge in [-0.15, -0.1) is 0 Å². The quantitative estimate of drug-likeness (QED) is 0.0384. The third kappa shape index (κ3) is 34.9. The fraction of sp³-hybridized carbons (Fsp3) is 0.924. The number of methoxy groups -OCH3 is 1. The van der Waals surface area contributed by atoms with Crippen molar-refractivity contribution >= 4 is 29.4 Å². The lowest BCUT2D eigenvalue weighted by atomic mass is 9.82. The summed E-state index contributed by atoms with van der Waals surface area (Å²) in [6.07, 6.45) is 2.61. The Morgan fingerprint density at radius 2 is 0.703 bits per heavy atom. The average Bonchev–Trinajstić information content (AvgIpc) is 1.05. The van der Waals surface area contributed by atoms with E-state index in [1.54, 1.807) is 27.9 Å². The second-order valence-electron chi connectivity index (χ2n) is 26.1. The molecule has 6 unspecified atom stereocenters. The van der Waals surface area contributed by atoms with Crippen LogP contribution >= 0.6 is 0 Å². The normalized spacial score (nSPS) is 27.3. The standard InChI is InChI=1S/C62H114N4O21.C4H10/c1-42-53(75)56(78)46(39-67)85-59(42)82-36-19-10-5-6-14-23-45(70)26-29-62(66-52(74)25-22-24-49(71)63-32-15-7-11-18-35-81-4,30-27-50(72)64-33-16-8-12-20-37-83-60-43(2)54(76)57(79)47(40-68)86-60)31-28-51(73)65-34-17-9-13-21-38-84-61-44(3)55(77)58(80)48(41-69)87-61;1-4(2)3/h42-44,46-48,53-61,67-69,75-80H,5-41H2,1-4H3,(H,63,71)(H,64,72)(H,65,73)(H,66,74);4H,1-3H3/t42-,43-,44-,46?,47?,48?,53?,54?,55?,56-,57-,58-,59+,60+,61+,62?;/m0./s1. The minimum absolute atomic E-state index is 0.00680. The van der Waals surface area contributed by atoms with Crippen LogP contribution in [0, 0.1) is 23.7 Å². The van der Waals surface area contributed by atoms with Crippen molar-refractivity contribution in [3.05, 3.63) is 0 Å². The Labute approximate surface area is 542 Å². The molecule has 91 heavy (non-hydrogen) atoms. The molecule has 0 saturated carbocycles. The van der Waals surface area contributed by atoms with E-state index in [2.05, 4.69) is 42.0 Å². The van der Waals surface area contributed by atoms with Crippen LogP contribution in [0.4, 0.5) is 0 Å². The van der Waals surface area contributed by atoms with Crippen molar-refractivity contribution in [3.63, 3.8) is 0 Å². The second-order valence-corrected chi connectivity index (χ2v) is 26.1. The van der Waals surface area contributed by atoms with E-state index in [0.717, 1.165) is 76.5 Å². The Bertz CT molecular complexity index is 1760. The van der Waals surface area contributed by atoms with Crippen LogP contribution in [0.3, 0.4) is 0 Å². The van der Waals surface area contributed by atoms with Gasteiger partial charge in [-0.3, -0.25) is 24.0 Å². The molecule has 3 heterocycles. The average molecular weight is 1310 g/mol. The number of hydrogen-bond donors (Lipinski definition) is 13. The number of unbranched alkanes of at least 4 members (excludes halogenated alkanes) is 13. The Morgan fingerprint density at radius 1 is 0.396 bits per heavy atom. The van der Waals surface area contributed by atoms with Gasteiger partial charge in [-0.1, -0.05) is 99.3 Å². The maximum atomic E-state index is 13.9. The highest BCUT2D eigenvalue weighted by molar-refractivity contribution is 5.81. The molecule has 534 valence electrons. The van der Waals surface area contributed by atoms with Crippen LogP contribution < -0.4 is 21.3 Å². The van der Waals surface area contributed by atoms with Crippen LogP contribution in [0.5, 0.6) is 0 Å². The lowest BCUT2D eigenvalue weighted by Crippen LogP contribution is -2.55. The molecule has 0 aromatic carbocycles.